The number of benzene rings is 2. The lowest BCUT2D eigenvalue weighted by Crippen LogP contribution is -2.23. The van der Waals surface area contributed by atoms with Crippen LogP contribution in [0.2, 0.25) is 5.02 Å². The molecule has 10 heteroatoms. The minimum atomic E-state index is -0.487. The molecule has 2 amide bonds. The van der Waals surface area contributed by atoms with E-state index >= 15 is 0 Å². The summed E-state index contributed by atoms with van der Waals surface area (Å²) in [5.41, 5.74) is 6.85. The molecule has 0 aliphatic carbocycles. The van der Waals surface area contributed by atoms with E-state index < -0.39 is 5.91 Å². The molecule has 0 aromatic heterocycles. The van der Waals surface area contributed by atoms with E-state index in [4.69, 9.17) is 17.3 Å². The minimum Gasteiger partial charge on any atom is -0.733 e. The summed E-state index contributed by atoms with van der Waals surface area (Å²) in [5.74, 6) is -0.427. The number of rotatable bonds is 7. The zero-order valence-electron chi connectivity index (χ0n) is 15.5. The molecule has 0 unspecified atom stereocenters. The number of carbonyl (C=O) groups excluding carboxylic acids is 2. The summed E-state index contributed by atoms with van der Waals surface area (Å²) in [6, 6.07) is 9.26. The predicted octanol–water partition coefficient (Wildman–Crippen LogP) is 2.78. The molecule has 0 atom stereocenters. The fourth-order valence-electron chi connectivity index (χ4n) is 3.07. The molecule has 0 spiro atoms. The molecular formula is C19H21ClN5O4-. The topological polar surface area (TPSA) is 134 Å². The van der Waals surface area contributed by atoms with Gasteiger partial charge in [0, 0.05) is 37.3 Å². The van der Waals surface area contributed by atoms with E-state index in [1.807, 2.05) is 0 Å². The van der Waals surface area contributed by atoms with Crippen LogP contribution in [0.5, 0.6) is 0 Å². The number of nitrogens with two attached hydrogens (primary N) is 1. The van der Waals surface area contributed by atoms with Gasteiger partial charge in [-0.15, -0.1) is 0 Å². The fraction of sp³-hybridized carbons (Fsp3) is 0.263. The zero-order chi connectivity index (χ0) is 21.0. The van der Waals surface area contributed by atoms with Gasteiger partial charge in [-0.25, -0.2) is 0 Å². The first kappa shape index (κ1) is 20.9. The summed E-state index contributed by atoms with van der Waals surface area (Å²) < 4.78 is 0. The summed E-state index contributed by atoms with van der Waals surface area (Å²) in [6.07, 6.45) is 1.34. The Hall–Kier alpha value is -2.85. The summed E-state index contributed by atoms with van der Waals surface area (Å²) in [4.78, 5) is 26.1. The van der Waals surface area contributed by atoms with Crippen LogP contribution < -0.4 is 26.5 Å². The van der Waals surface area contributed by atoms with Gasteiger partial charge in [-0.3, -0.25) is 14.8 Å². The highest BCUT2D eigenvalue weighted by atomic mass is 35.5. The van der Waals surface area contributed by atoms with Crippen molar-refractivity contribution in [3.63, 3.8) is 0 Å². The Bertz CT molecular complexity index is 904. The minimum absolute atomic E-state index is 0.0593. The third-order valence-corrected chi connectivity index (χ3v) is 4.83. The average molecular weight is 419 g/mol. The molecule has 0 saturated carbocycles. The Labute approximate surface area is 172 Å². The van der Waals surface area contributed by atoms with E-state index in [-0.39, 0.29) is 27.5 Å². The van der Waals surface area contributed by atoms with E-state index in [0.29, 0.717) is 37.3 Å². The lowest BCUT2D eigenvalue weighted by molar-refractivity contribution is -0.117. The number of hydrogen-bond donors (Lipinski definition) is 4. The van der Waals surface area contributed by atoms with Crippen molar-refractivity contribution in [2.24, 2.45) is 5.73 Å². The third-order valence-electron chi connectivity index (χ3n) is 4.51. The Kier molecular flexibility index (Phi) is 6.55. The van der Waals surface area contributed by atoms with Crippen molar-refractivity contribution in [3.8, 4) is 0 Å². The monoisotopic (exact) mass is 418 g/mol. The molecule has 9 nitrogen and oxygen atoms in total. The van der Waals surface area contributed by atoms with Gasteiger partial charge >= 0.3 is 0 Å². The molecule has 2 aromatic carbocycles. The highest BCUT2D eigenvalue weighted by Crippen LogP contribution is 2.35. The van der Waals surface area contributed by atoms with Crippen LogP contribution in [0.15, 0.2) is 36.4 Å². The van der Waals surface area contributed by atoms with Gasteiger partial charge in [0.1, 0.15) is 0 Å². The van der Waals surface area contributed by atoms with Crippen molar-refractivity contribution in [2.75, 3.05) is 40.4 Å². The van der Waals surface area contributed by atoms with Gasteiger partial charge in [0.2, 0.25) is 5.91 Å². The molecular weight excluding hydrogens is 398 g/mol. The molecule has 29 heavy (non-hydrogen) atoms. The Morgan fingerprint density at radius 2 is 2.00 bits per heavy atom. The van der Waals surface area contributed by atoms with Gasteiger partial charge in [0.05, 0.1) is 22.1 Å². The van der Waals surface area contributed by atoms with Gasteiger partial charge in [0.25, 0.3) is 5.91 Å². The van der Waals surface area contributed by atoms with E-state index in [9.17, 15) is 20.0 Å². The molecule has 0 bridgehead atoms. The lowest BCUT2D eigenvalue weighted by atomic mass is 10.1. The van der Waals surface area contributed by atoms with Crippen LogP contribution in [0.4, 0.5) is 22.7 Å². The maximum atomic E-state index is 12.6. The van der Waals surface area contributed by atoms with Gasteiger partial charge in [-0.2, -0.15) is 0 Å². The van der Waals surface area contributed by atoms with Crippen molar-refractivity contribution in [3.05, 3.63) is 52.2 Å². The van der Waals surface area contributed by atoms with Crippen molar-refractivity contribution in [1.29, 1.82) is 0 Å². The van der Waals surface area contributed by atoms with Crippen LogP contribution in [0.25, 0.3) is 0 Å². The highest BCUT2D eigenvalue weighted by molar-refractivity contribution is 6.33. The van der Waals surface area contributed by atoms with E-state index in [0.717, 1.165) is 12.1 Å². The quantitative estimate of drug-likeness (QED) is 0.508. The standard InChI is InChI=1S/C19H21ClN5O4/c20-14-10-17(25(28)29)16(11-15(14)22-8-7-21)23-19(27)12-3-5-13(6-4-12)24-9-1-2-18(24)26/h3-6,10-11,22,28H,1-2,7-9,21H2,(H,23,27)/q-1. The molecule has 1 saturated heterocycles. The van der Waals surface area contributed by atoms with Gasteiger partial charge in [0.15, 0.2) is 0 Å². The normalized spacial score (nSPS) is 13.5. The molecule has 154 valence electrons. The molecule has 5 N–H and O–H groups in total. The molecule has 1 heterocycles. The second-order valence-electron chi connectivity index (χ2n) is 6.49. The van der Waals surface area contributed by atoms with Gasteiger partial charge in [-0.1, -0.05) is 11.6 Å². The Balaban J connectivity index is 1.81. The first-order chi connectivity index (χ1) is 13.9. The zero-order valence-corrected chi connectivity index (χ0v) is 16.3. The molecule has 3 rings (SSSR count). The van der Waals surface area contributed by atoms with Crippen LogP contribution in [-0.4, -0.2) is 36.7 Å². The number of halogens is 1. The van der Waals surface area contributed by atoms with E-state index in [1.165, 1.54) is 12.1 Å². The maximum absolute atomic E-state index is 12.6. The van der Waals surface area contributed by atoms with Crippen LogP contribution in [0.3, 0.4) is 0 Å². The van der Waals surface area contributed by atoms with Crippen LogP contribution >= 0.6 is 11.6 Å². The first-order valence-corrected chi connectivity index (χ1v) is 9.44. The lowest BCUT2D eigenvalue weighted by Gasteiger charge is -2.26. The van der Waals surface area contributed by atoms with Crippen molar-refractivity contribution in [2.45, 2.75) is 12.8 Å². The van der Waals surface area contributed by atoms with Crippen LogP contribution in [0.1, 0.15) is 23.2 Å². The first-order valence-electron chi connectivity index (χ1n) is 9.06. The molecule has 2 aromatic rings. The number of amides is 2. The molecule has 1 aliphatic heterocycles. The summed E-state index contributed by atoms with van der Waals surface area (Å²) in [5, 5.41) is 26.2. The van der Waals surface area contributed by atoms with E-state index in [1.54, 1.807) is 29.2 Å². The van der Waals surface area contributed by atoms with Crippen molar-refractivity contribution < 1.29 is 14.8 Å². The Morgan fingerprint density at radius 1 is 1.28 bits per heavy atom. The average Bonchev–Trinajstić information content (AvgIpc) is 3.13. The number of carbonyl (C=O) groups is 2. The smallest absolute Gasteiger partial charge is 0.255 e. The van der Waals surface area contributed by atoms with Crippen molar-refractivity contribution in [1.82, 2.24) is 0 Å². The summed E-state index contributed by atoms with van der Waals surface area (Å²) in [6.45, 7) is 1.45. The van der Waals surface area contributed by atoms with E-state index in [2.05, 4.69) is 10.6 Å². The largest absolute Gasteiger partial charge is 0.733 e. The highest BCUT2D eigenvalue weighted by Gasteiger charge is 2.22. The van der Waals surface area contributed by atoms with Crippen molar-refractivity contribution >= 4 is 46.2 Å². The summed E-state index contributed by atoms with van der Waals surface area (Å²) >= 11 is 6.10. The Morgan fingerprint density at radius 3 is 2.59 bits per heavy atom. The molecule has 1 aliphatic rings. The SMILES string of the molecule is NCCNc1cc(NC(=O)c2ccc(N3CCCC3=O)cc2)c(N([O-])O)cc1Cl. The number of anilines is 4. The maximum Gasteiger partial charge on any atom is 0.255 e. The van der Waals surface area contributed by atoms with Crippen LogP contribution in [0, 0.1) is 5.21 Å². The van der Waals surface area contributed by atoms with Gasteiger partial charge < -0.3 is 31.7 Å². The molecule has 0 radical (unpaired) electrons. The second-order valence-corrected chi connectivity index (χ2v) is 6.89. The molecule has 1 fully saturated rings. The predicted molar refractivity (Wildman–Crippen MR) is 113 cm³/mol. The van der Waals surface area contributed by atoms with Crippen LogP contribution in [-0.2, 0) is 4.79 Å². The fourth-order valence-corrected chi connectivity index (χ4v) is 3.30. The number of nitrogens with one attached hydrogen (secondary N) is 2. The van der Waals surface area contributed by atoms with Gasteiger partial charge in [-0.05, 0) is 42.8 Å². The summed E-state index contributed by atoms with van der Waals surface area (Å²) in [7, 11) is 0. The second kappa shape index (κ2) is 9.10. The number of nitrogens with zero attached hydrogens (tertiary/aromatic N) is 2. The number of hydrogen-bond acceptors (Lipinski definition) is 7. The third kappa shape index (κ3) is 4.77.